The van der Waals surface area contributed by atoms with Gasteiger partial charge in [0, 0.05) is 15.5 Å². The van der Waals surface area contributed by atoms with Crippen molar-refractivity contribution in [3.63, 3.8) is 0 Å². The van der Waals surface area contributed by atoms with E-state index in [2.05, 4.69) is 10.3 Å². The summed E-state index contributed by atoms with van der Waals surface area (Å²) >= 11 is 7.38. The third kappa shape index (κ3) is 4.16. The summed E-state index contributed by atoms with van der Waals surface area (Å²) in [5.41, 5.74) is 1.80. The number of carbonyl (C=O) groups excluding carboxylic acids is 1. The maximum atomic E-state index is 12.3. The van der Waals surface area contributed by atoms with Crippen molar-refractivity contribution in [3.05, 3.63) is 76.6 Å². The van der Waals surface area contributed by atoms with Gasteiger partial charge in [0.2, 0.25) is 0 Å². The molecule has 0 saturated carbocycles. The van der Waals surface area contributed by atoms with E-state index in [1.165, 1.54) is 11.3 Å². The van der Waals surface area contributed by atoms with E-state index in [0.29, 0.717) is 15.9 Å². The average Bonchev–Trinajstić information content (AvgIpc) is 3.06. The molecule has 4 aromatic rings. The molecule has 1 amide bonds. The number of thiazole rings is 1. The van der Waals surface area contributed by atoms with Gasteiger partial charge in [-0.05, 0) is 42.0 Å². The second kappa shape index (κ2) is 8.00. The van der Waals surface area contributed by atoms with Gasteiger partial charge < -0.3 is 4.74 Å². The van der Waals surface area contributed by atoms with Gasteiger partial charge in [0.15, 0.2) is 11.7 Å². The van der Waals surface area contributed by atoms with Gasteiger partial charge in [-0.15, -0.1) is 11.3 Å². The Bertz CT molecular complexity index is 1140. The molecule has 0 unspecified atom stereocenters. The van der Waals surface area contributed by atoms with Crippen LogP contribution in [0.15, 0.2) is 66.7 Å². The highest BCUT2D eigenvalue weighted by atomic mass is 35.5. The molecule has 0 aliphatic rings. The van der Waals surface area contributed by atoms with Crippen LogP contribution >= 0.6 is 22.9 Å². The van der Waals surface area contributed by atoms with Crippen LogP contribution in [0.1, 0.15) is 4.88 Å². The fraction of sp³-hybridized carbons (Fsp3) is 0.0909. The van der Waals surface area contributed by atoms with Crippen molar-refractivity contribution in [1.82, 2.24) is 4.98 Å². The average molecular weight is 409 g/mol. The first-order valence-electron chi connectivity index (χ1n) is 8.73. The summed E-state index contributed by atoms with van der Waals surface area (Å²) < 4.78 is 5.63. The van der Waals surface area contributed by atoms with Crippen LogP contribution in [0.3, 0.4) is 0 Å². The van der Waals surface area contributed by atoms with E-state index in [0.717, 1.165) is 26.9 Å². The van der Waals surface area contributed by atoms with Gasteiger partial charge in [-0.25, -0.2) is 4.98 Å². The molecule has 1 N–H and O–H groups in total. The lowest BCUT2D eigenvalue weighted by Crippen LogP contribution is -2.20. The Hall–Kier alpha value is -2.89. The Balaban J connectivity index is 1.40. The van der Waals surface area contributed by atoms with Crippen LogP contribution in [0.25, 0.3) is 22.0 Å². The van der Waals surface area contributed by atoms with E-state index in [-0.39, 0.29) is 12.5 Å². The molecule has 0 aliphatic heterocycles. The van der Waals surface area contributed by atoms with Crippen molar-refractivity contribution in [1.29, 1.82) is 0 Å². The van der Waals surface area contributed by atoms with Crippen molar-refractivity contribution in [2.45, 2.75) is 6.92 Å². The molecule has 0 bridgehead atoms. The van der Waals surface area contributed by atoms with Crippen molar-refractivity contribution in [2.75, 3.05) is 11.9 Å². The number of carbonyl (C=O) groups is 1. The van der Waals surface area contributed by atoms with Gasteiger partial charge >= 0.3 is 0 Å². The van der Waals surface area contributed by atoms with Crippen LogP contribution < -0.4 is 10.1 Å². The summed E-state index contributed by atoms with van der Waals surface area (Å²) in [7, 11) is 0. The van der Waals surface area contributed by atoms with Gasteiger partial charge in [0.1, 0.15) is 5.75 Å². The molecule has 0 atom stereocenters. The highest BCUT2D eigenvalue weighted by Gasteiger charge is 2.12. The number of nitrogens with zero attached hydrogens (tertiary/aromatic N) is 1. The summed E-state index contributed by atoms with van der Waals surface area (Å²) in [6, 6.07) is 21.3. The van der Waals surface area contributed by atoms with Gasteiger partial charge in [-0.3, -0.25) is 10.1 Å². The molecule has 4 nitrogen and oxygen atoms in total. The number of nitrogens with one attached hydrogen (secondary N) is 1. The maximum Gasteiger partial charge on any atom is 0.264 e. The minimum Gasteiger partial charge on any atom is -0.484 e. The number of anilines is 1. The first-order valence-corrected chi connectivity index (χ1v) is 9.93. The zero-order valence-corrected chi connectivity index (χ0v) is 16.7. The number of aromatic nitrogens is 1. The summed E-state index contributed by atoms with van der Waals surface area (Å²) in [5, 5.41) is 6.24. The van der Waals surface area contributed by atoms with E-state index < -0.39 is 0 Å². The highest BCUT2D eigenvalue weighted by Crippen LogP contribution is 2.31. The molecule has 6 heteroatoms. The van der Waals surface area contributed by atoms with E-state index >= 15 is 0 Å². The summed E-state index contributed by atoms with van der Waals surface area (Å²) in [6.07, 6.45) is 0. The lowest BCUT2D eigenvalue weighted by Gasteiger charge is -2.07. The van der Waals surface area contributed by atoms with Gasteiger partial charge in [0.05, 0.1) is 5.69 Å². The topological polar surface area (TPSA) is 51.2 Å². The summed E-state index contributed by atoms with van der Waals surface area (Å²) in [5.74, 6) is 0.413. The Morgan fingerprint density at radius 3 is 2.61 bits per heavy atom. The van der Waals surface area contributed by atoms with Gasteiger partial charge in [-0.2, -0.15) is 0 Å². The van der Waals surface area contributed by atoms with Crippen molar-refractivity contribution in [2.24, 2.45) is 0 Å². The molecule has 0 saturated heterocycles. The van der Waals surface area contributed by atoms with Crippen LogP contribution in [-0.2, 0) is 4.79 Å². The lowest BCUT2D eigenvalue weighted by molar-refractivity contribution is -0.118. The molecular formula is C22H17ClN2O2S. The molecule has 1 aromatic heterocycles. The summed E-state index contributed by atoms with van der Waals surface area (Å²) in [6.45, 7) is 1.90. The normalized spacial score (nSPS) is 10.8. The Morgan fingerprint density at radius 1 is 1.07 bits per heavy atom. The zero-order chi connectivity index (χ0) is 19.5. The Kier molecular flexibility index (Phi) is 5.28. The maximum absolute atomic E-state index is 12.3. The first-order chi connectivity index (χ1) is 13.6. The molecule has 3 aromatic carbocycles. The molecular weight excluding hydrogens is 392 g/mol. The molecule has 1 heterocycles. The zero-order valence-electron chi connectivity index (χ0n) is 15.1. The summed E-state index contributed by atoms with van der Waals surface area (Å²) in [4.78, 5) is 17.8. The minimum atomic E-state index is -0.246. The standard InChI is InChI=1S/C22H17ClN2O2S/c1-14-21(16-6-9-18(23)10-7-16)25-22(28-14)24-20(26)13-27-19-11-8-15-4-2-3-5-17(15)12-19/h2-12H,13H2,1H3,(H,24,25,26). The fourth-order valence-electron chi connectivity index (χ4n) is 2.89. The number of fused-ring (bicyclic) bond motifs is 1. The van der Waals surface area contributed by atoms with Crippen LogP contribution in [0, 0.1) is 6.92 Å². The van der Waals surface area contributed by atoms with Crippen LogP contribution in [0.4, 0.5) is 5.13 Å². The number of amides is 1. The first kappa shape index (κ1) is 18.5. The van der Waals surface area contributed by atoms with E-state index in [4.69, 9.17) is 16.3 Å². The Labute approximate surface area is 171 Å². The van der Waals surface area contributed by atoms with Crippen molar-refractivity contribution < 1.29 is 9.53 Å². The monoisotopic (exact) mass is 408 g/mol. The number of rotatable bonds is 5. The van der Waals surface area contributed by atoms with Crippen LogP contribution in [0.2, 0.25) is 5.02 Å². The highest BCUT2D eigenvalue weighted by molar-refractivity contribution is 7.16. The molecule has 0 aliphatic carbocycles. The van der Waals surface area contributed by atoms with Crippen LogP contribution in [-0.4, -0.2) is 17.5 Å². The van der Waals surface area contributed by atoms with Crippen molar-refractivity contribution in [3.8, 4) is 17.0 Å². The molecule has 0 spiro atoms. The molecule has 28 heavy (non-hydrogen) atoms. The van der Waals surface area contributed by atoms with E-state index in [9.17, 15) is 4.79 Å². The number of hydrogen-bond donors (Lipinski definition) is 1. The van der Waals surface area contributed by atoms with E-state index in [1.54, 1.807) is 0 Å². The predicted octanol–water partition coefficient (Wildman–Crippen LogP) is 5.94. The number of benzene rings is 3. The minimum absolute atomic E-state index is 0.0761. The molecule has 4 rings (SSSR count). The number of ether oxygens (including phenoxy) is 1. The fourth-order valence-corrected chi connectivity index (χ4v) is 3.86. The molecule has 140 valence electrons. The number of hydrogen-bond acceptors (Lipinski definition) is 4. The van der Waals surface area contributed by atoms with Gasteiger partial charge in [0.25, 0.3) is 5.91 Å². The number of halogens is 1. The Morgan fingerprint density at radius 2 is 1.82 bits per heavy atom. The largest absolute Gasteiger partial charge is 0.484 e. The smallest absolute Gasteiger partial charge is 0.264 e. The molecule has 0 radical (unpaired) electrons. The second-order valence-electron chi connectivity index (χ2n) is 6.28. The SMILES string of the molecule is Cc1sc(NC(=O)COc2ccc3ccccc3c2)nc1-c1ccc(Cl)cc1. The third-order valence-electron chi connectivity index (χ3n) is 4.25. The molecule has 0 fully saturated rings. The number of aryl methyl sites for hydroxylation is 1. The van der Waals surface area contributed by atoms with E-state index in [1.807, 2.05) is 73.7 Å². The van der Waals surface area contributed by atoms with Crippen molar-refractivity contribution >= 4 is 44.7 Å². The quantitative estimate of drug-likeness (QED) is 0.444. The second-order valence-corrected chi connectivity index (χ2v) is 7.92. The lowest BCUT2D eigenvalue weighted by atomic mass is 10.1. The van der Waals surface area contributed by atoms with Crippen LogP contribution in [0.5, 0.6) is 5.75 Å². The predicted molar refractivity (Wildman–Crippen MR) is 115 cm³/mol. The van der Waals surface area contributed by atoms with Gasteiger partial charge in [-0.1, -0.05) is 54.1 Å². The third-order valence-corrected chi connectivity index (χ3v) is 5.39.